The van der Waals surface area contributed by atoms with Crippen molar-refractivity contribution in [1.29, 1.82) is 0 Å². The second kappa shape index (κ2) is 5.92. The van der Waals surface area contributed by atoms with Crippen LogP contribution in [0.3, 0.4) is 0 Å². The topological polar surface area (TPSA) is 71.4 Å². The Bertz CT molecular complexity index is 847. The molecule has 7 heteroatoms. The minimum atomic E-state index is -3.74. The summed E-state index contributed by atoms with van der Waals surface area (Å²) in [5.74, 6) is -2.57. The molecule has 3 atom stereocenters. The molecular formula is C16H12BrClO4S. The lowest BCUT2D eigenvalue weighted by Crippen LogP contribution is -2.13. The van der Waals surface area contributed by atoms with E-state index in [4.69, 9.17) is 11.6 Å². The van der Waals surface area contributed by atoms with E-state index in [0.717, 1.165) is 4.47 Å². The molecule has 1 saturated carbocycles. The molecule has 0 aromatic heterocycles. The summed E-state index contributed by atoms with van der Waals surface area (Å²) in [7, 11) is -3.74. The zero-order valence-electron chi connectivity index (χ0n) is 11.7. The Labute approximate surface area is 147 Å². The summed E-state index contributed by atoms with van der Waals surface area (Å²) in [5.41, 5.74) is 0.711. The Balaban J connectivity index is 1.98. The van der Waals surface area contributed by atoms with Crippen LogP contribution in [0.2, 0.25) is 5.02 Å². The van der Waals surface area contributed by atoms with Gasteiger partial charge in [0.15, 0.2) is 9.84 Å². The summed E-state index contributed by atoms with van der Waals surface area (Å²) in [6.45, 7) is 0. The number of carboxylic acid groups (broad SMARTS) is 1. The van der Waals surface area contributed by atoms with Crippen LogP contribution in [0.5, 0.6) is 0 Å². The number of aliphatic carboxylic acids is 1. The molecule has 1 aliphatic rings. The molecule has 3 rings (SSSR count). The molecule has 0 spiro atoms. The van der Waals surface area contributed by atoms with E-state index < -0.39 is 32.9 Å². The van der Waals surface area contributed by atoms with Gasteiger partial charge in [-0.3, -0.25) is 4.79 Å². The molecule has 2 aromatic rings. The van der Waals surface area contributed by atoms with Gasteiger partial charge in [-0.15, -0.1) is 0 Å². The van der Waals surface area contributed by atoms with Gasteiger partial charge in [0.25, 0.3) is 0 Å². The Morgan fingerprint density at radius 3 is 2.13 bits per heavy atom. The van der Waals surface area contributed by atoms with Crippen molar-refractivity contribution in [3.8, 4) is 0 Å². The van der Waals surface area contributed by atoms with Crippen LogP contribution in [0, 0.1) is 5.92 Å². The molecule has 4 nitrogen and oxygen atoms in total. The average molecular weight is 416 g/mol. The fourth-order valence-corrected chi connectivity index (χ4v) is 5.34. The highest BCUT2D eigenvalue weighted by atomic mass is 79.9. The first-order chi connectivity index (χ1) is 10.8. The summed E-state index contributed by atoms with van der Waals surface area (Å²) in [4.78, 5) is 11.6. The zero-order valence-corrected chi connectivity index (χ0v) is 14.8. The van der Waals surface area contributed by atoms with Crippen LogP contribution in [-0.4, -0.2) is 24.7 Å². The first-order valence-corrected chi connectivity index (χ1v) is 9.52. The third-order valence-electron chi connectivity index (χ3n) is 3.99. The van der Waals surface area contributed by atoms with Gasteiger partial charge in [-0.25, -0.2) is 8.42 Å². The lowest BCUT2D eigenvalue weighted by atomic mass is 10.1. The summed E-state index contributed by atoms with van der Waals surface area (Å²) in [6.07, 6.45) is 0. The van der Waals surface area contributed by atoms with Gasteiger partial charge in [0.05, 0.1) is 16.1 Å². The van der Waals surface area contributed by atoms with E-state index in [1.807, 2.05) is 0 Å². The summed E-state index contributed by atoms with van der Waals surface area (Å²) < 4.78 is 26.4. The van der Waals surface area contributed by atoms with Crippen LogP contribution in [0.25, 0.3) is 0 Å². The minimum Gasteiger partial charge on any atom is -0.481 e. The van der Waals surface area contributed by atoms with E-state index in [2.05, 4.69) is 15.9 Å². The maximum Gasteiger partial charge on any atom is 0.308 e. The highest BCUT2D eigenvalue weighted by Crippen LogP contribution is 2.54. The van der Waals surface area contributed by atoms with Crippen molar-refractivity contribution in [3.05, 3.63) is 63.6 Å². The average Bonchev–Trinajstić information content (AvgIpc) is 3.25. The second-order valence-corrected chi connectivity index (χ2v) is 8.86. The molecule has 0 amide bonds. The van der Waals surface area contributed by atoms with Crippen LogP contribution < -0.4 is 0 Å². The first kappa shape index (κ1) is 16.5. The summed E-state index contributed by atoms with van der Waals surface area (Å²) >= 11 is 9.09. The van der Waals surface area contributed by atoms with Crippen LogP contribution >= 0.6 is 27.5 Å². The third kappa shape index (κ3) is 3.03. The normalized spacial score (nSPS) is 23.5. The van der Waals surface area contributed by atoms with Gasteiger partial charge in [-0.1, -0.05) is 39.7 Å². The number of carbonyl (C=O) groups is 1. The molecule has 0 saturated heterocycles. The van der Waals surface area contributed by atoms with Crippen LogP contribution in [0.4, 0.5) is 0 Å². The maximum atomic E-state index is 12.8. The molecule has 0 bridgehead atoms. The zero-order chi connectivity index (χ0) is 16.8. The smallest absolute Gasteiger partial charge is 0.308 e. The summed E-state index contributed by atoms with van der Waals surface area (Å²) in [5, 5.41) is 8.84. The van der Waals surface area contributed by atoms with Crippen molar-refractivity contribution in [2.24, 2.45) is 5.92 Å². The second-order valence-electron chi connectivity index (χ2n) is 5.40. The molecule has 0 heterocycles. The number of halogens is 2. The number of hydrogen-bond acceptors (Lipinski definition) is 3. The van der Waals surface area contributed by atoms with Crippen LogP contribution in [-0.2, 0) is 14.6 Å². The quantitative estimate of drug-likeness (QED) is 0.825. The van der Waals surface area contributed by atoms with Crippen LogP contribution in [0.15, 0.2) is 57.9 Å². The Morgan fingerprint density at radius 2 is 1.61 bits per heavy atom. The predicted molar refractivity (Wildman–Crippen MR) is 90.4 cm³/mol. The van der Waals surface area contributed by atoms with Crippen molar-refractivity contribution in [3.63, 3.8) is 0 Å². The molecule has 1 N–H and O–H groups in total. The van der Waals surface area contributed by atoms with E-state index in [1.54, 1.807) is 24.3 Å². The van der Waals surface area contributed by atoms with Crippen molar-refractivity contribution in [1.82, 2.24) is 0 Å². The van der Waals surface area contributed by atoms with Gasteiger partial charge < -0.3 is 5.11 Å². The van der Waals surface area contributed by atoms with Crippen molar-refractivity contribution < 1.29 is 18.3 Å². The molecule has 23 heavy (non-hydrogen) atoms. The van der Waals surface area contributed by atoms with Crippen LogP contribution in [0.1, 0.15) is 11.5 Å². The van der Waals surface area contributed by atoms with E-state index in [1.165, 1.54) is 24.3 Å². The third-order valence-corrected chi connectivity index (χ3v) is 7.01. The van der Waals surface area contributed by atoms with E-state index >= 15 is 0 Å². The molecule has 0 unspecified atom stereocenters. The Kier molecular flexibility index (Phi) is 4.25. The minimum absolute atomic E-state index is 0.0951. The highest BCUT2D eigenvalue weighted by molar-refractivity contribution is 9.10. The van der Waals surface area contributed by atoms with E-state index in [-0.39, 0.29) is 4.90 Å². The number of rotatable bonds is 4. The number of hydrogen-bond donors (Lipinski definition) is 1. The fourth-order valence-electron chi connectivity index (χ4n) is 2.83. The molecule has 120 valence electrons. The van der Waals surface area contributed by atoms with Gasteiger partial charge in [0.1, 0.15) is 0 Å². The number of benzene rings is 2. The van der Waals surface area contributed by atoms with E-state index in [0.29, 0.717) is 10.6 Å². The largest absolute Gasteiger partial charge is 0.481 e. The van der Waals surface area contributed by atoms with Gasteiger partial charge in [-0.05, 0) is 42.0 Å². The fraction of sp³-hybridized carbons (Fsp3) is 0.188. The maximum absolute atomic E-state index is 12.8. The molecule has 1 aliphatic carbocycles. The molecule has 1 fully saturated rings. The van der Waals surface area contributed by atoms with E-state index in [9.17, 15) is 18.3 Å². The van der Waals surface area contributed by atoms with Gasteiger partial charge >= 0.3 is 5.97 Å². The summed E-state index contributed by atoms with van der Waals surface area (Å²) in [6, 6.07) is 12.9. The van der Waals surface area contributed by atoms with Gasteiger partial charge in [-0.2, -0.15) is 0 Å². The monoisotopic (exact) mass is 414 g/mol. The lowest BCUT2D eigenvalue weighted by molar-refractivity contribution is -0.138. The Hall–Kier alpha value is -1.37. The molecule has 2 aromatic carbocycles. The first-order valence-electron chi connectivity index (χ1n) is 6.80. The number of carboxylic acids is 1. The van der Waals surface area contributed by atoms with Crippen molar-refractivity contribution >= 4 is 43.3 Å². The number of sulfone groups is 1. The van der Waals surface area contributed by atoms with Gasteiger partial charge in [0, 0.05) is 15.4 Å². The SMILES string of the molecule is O=C(O)[C@@H]1[C@H](c2ccc(Br)cc2)[C@@H]1S(=O)(=O)c1ccc(Cl)cc1. The molecule has 0 aliphatic heterocycles. The standard InChI is InChI=1S/C16H12BrClO4S/c17-10-3-1-9(2-4-10)13-14(16(19)20)15(13)23(21,22)12-7-5-11(18)6-8-12/h1-8,13-15H,(H,19,20)/t13-,14+,15-/m0/s1. The van der Waals surface area contributed by atoms with Crippen molar-refractivity contribution in [2.75, 3.05) is 0 Å². The Morgan fingerprint density at radius 1 is 1.04 bits per heavy atom. The van der Waals surface area contributed by atoms with Crippen molar-refractivity contribution in [2.45, 2.75) is 16.1 Å². The molecular weight excluding hydrogens is 404 g/mol. The predicted octanol–water partition coefficient (Wildman–Crippen LogP) is 3.74. The molecule has 0 radical (unpaired) electrons. The lowest BCUT2D eigenvalue weighted by Gasteiger charge is -2.04. The highest BCUT2D eigenvalue weighted by Gasteiger charge is 2.63. The van der Waals surface area contributed by atoms with Gasteiger partial charge in [0.2, 0.25) is 0 Å².